The minimum Gasteiger partial charge on any atom is -0.375 e. The third-order valence-corrected chi connectivity index (χ3v) is 6.43. The van der Waals surface area contributed by atoms with Gasteiger partial charge in [-0.2, -0.15) is 18.2 Å². The molecule has 1 atom stereocenters. The van der Waals surface area contributed by atoms with Crippen LogP contribution in [-0.4, -0.2) is 65.6 Å². The van der Waals surface area contributed by atoms with Crippen molar-refractivity contribution >= 4 is 11.6 Å². The molecule has 10 heteroatoms. The minimum atomic E-state index is -4.44. The Bertz CT molecular complexity index is 1150. The Morgan fingerprint density at radius 1 is 1.11 bits per heavy atom. The molecule has 0 N–H and O–H groups in total. The molecule has 1 aliphatic rings. The van der Waals surface area contributed by atoms with E-state index >= 15 is 0 Å². The van der Waals surface area contributed by atoms with Gasteiger partial charge in [0.25, 0.3) is 5.91 Å². The van der Waals surface area contributed by atoms with Gasteiger partial charge in [0.15, 0.2) is 0 Å². The lowest BCUT2D eigenvalue weighted by Gasteiger charge is -2.36. The lowest BCUT2D eigenvalue weighted by atomic mass is 10.1. The smallest absolute Gasteiger partial charge is 0.375 e. The molecule has 1 aliphatic heterocycles. The third kappa shape index (κ3) is 5.48. The zero-order valence-electron chi connectivity index (χ0n) is 19.9. The first-order chi connectivity index (χ1) is 16.7. The number of carbonyl (C=O) groups is 1. The molecule has 4 rings (SSSR count). The Labute approximate surface area is 202 Å². The summed E-state index contributed by atoms with van der Waals surface area (Å²) in [5, 5.41) is 3.89. The maximum atomic E-state index is 13.0. The molecule has 1 saturated heterocycles. The standard InChI is InChI=1S/C25H28F3N5O2/c1-4-31(3)21-10-8-18(9-11-21)24(34)33-14-12-32(13-15-33)17(2)23-29-22(30-35-23)19-6-5-7-20(16-19)25(26,27)28/h5-11,16-17H,4,12-15H2,1-3H3. The highest BCUT2D eigenvalue weighted by Crippen LogP contribution is 2.32. The summed E-state index contributed by atoms with van der Waals surface area (Å²) in [6.45, 7) is 7.19. The zero-order valence-corrected chi connectivity index (χ0v) is 19.9. The fraction of sp³-hybridized carbons (Fsp3) is 0.400. The van der Waals surface area contributed by atoms with Crippen molar-refractivity contribution in [2.45, 2.75) is 26.1 Å². The van der Waals surface area contributed by atoms with Crippen LogP contribution in [-0.2, 0) is 6.18 Å². The Kier molecular flexibility index (Phi) is 7.11. The summed E-state index contributed by atoms with van der Waals surface area (Å²) in [5.41, 5.74) is 1.20. The van der Waals surface area contributed by atoms with Crippen molar-refractivity contribution in [3.8, 4) is 11.4 Å². The average molecular weight is 488 g/mol. The number of piperazine rings is 1. The van der Waals surface area contributed by atoms with Crippen LogP contribution in [0.3, 0.4) is 0 Å². The van der Waals surface area contributed by atoms with Crippen molar-refractivity contribution in [2.24, 2.45) is 0 Å². The molecule has 186 valence electrons. The summed E-state index contributed by atoms with van der Waals surface area (Å²) in [6.07, 6.45) is -4.44. The molecular formula is C25H28F3N5O2. The van der Waals surface area contributed by atoms with E-state index < -0.39 is 11.7 Å². The van der Waals surface area contributed by atoms with Gasteiger partial charge in [-0.3, -0.25) is 9.69 Å². The Hall–Kier alpha value is -3.40. The van der Waals surface area contributed by atoms with E-state index in [4.69, 9.17) is 4.52 Å². The highest BCUT2D eigenvalue weighted by molar-refractivity contribution is 5.94. The Morgan fingerprint density at radius 3 is 2.43 bits per heavy atom. The van der Waals surface area contributed by atoms with Crippen molar-refractivity contribution in [1.29, 1.82) is 0 Å². The number of anilines is 1. The number of aromatic nitrogens is 2. The van der Waals surface area contributed by atoms with Crippen LogP contribution in [0.5, 0.6) is 0 Å². The van der Waals surface area contributed by atoms with Crippen molar-refractivity contribution in [3.63, 3.8) is 0 Å². The second kappa shape index (κ2) is 10.1. The topological polar surface area (TPSA) is 65.7 Å². The molecule has 0 radical (unpaired) electrons. The van der Waals surface area contributed by atoms with Gasteiger partial charge in [0.05, 0.1) is 11.6 Å². The number of nitrogens with zero attached hydrogens (tertiary/aromatic N) is 5. The van der Waals surface area contributed by atoms with E-state index in [0.29, 0.717) is 37.6 Å². The van der Waals surface area contributed by atoms with Crippen LogP contribution in [0.25, 0.3) is 11.4 Å². The first-order valence-electron chi connectivity index (χ1n) is 11.5. The van der Waals surface area contributed by atoms with Crippen LogP contribution in [0.1, 0.15) is 41.7 Å². The molecule has 0 aliphatic carbocycles. The SMILES string of the molecule is CCN(C)c1ccc(C(=O)N2CCN(C(C)c3nc(-c4cccc(C(F)(F)F)c4)no3)CC2)cc1. The van der Waals surface area contributed by atoms with Crippen LogP contribution in [0.15, 0.2) is 53.1 Å². The summed E-state index contributed by atoms with van der Waals surface area (Å²) in [7, 11) is 2.00. The molecule has 2 heterocycles. The molecule has 0 bridgehead atoms. The minimum absolute atomic E-state index is 0.00683. The van der Waals surface area contributed by atoms with Crippen molar-refractivity contribution in [1.82, 2.24) is 19.9 Å². The molecule has 2 aromatic carbocycles. The van der Waals surface area contributed by atoms with Crippen LogP contribution < -0.4 is 4.90 Å². The molecule has 1 fully saturated rings. The number of hydrogen-bond donors (Lipinski definition) is 0. The molecule has 0 saturated carbocycles. The normalized spacial score (nSPS) is 15.8. The van der Waals surface area contributed by atoms with Crippen LogP contribution >= 0.6 is 0 Å². The maximum Gasteiger partial charge on any atom is 0.416 e. The number of benzene rings is 2. The number of halogens is 3. The average Bonchev–Trinajstić information content (AvgIpc) is 3.37. The molecular weight excluding hydrogens is 459 g/mol. The van der Waals surface area contributed by atoms with Crippen molar-refractivity contribution in [2.75, 3.05) is 44.7 Å². The summed E-state index contributed by atoms with van der Waals surface area (Å²) in [5.74, 6) is 0.435. The van der Waals surface area contributed by atoms with E-state index in [9.17, 15) is 18.0 Å². The number of rotatable bonds is 6. The van der Waals surface area contributed by atoms with Crippen LogP contribution in [0.2, 0.25) is 0 Å². The molecule has 1 amide bonds. The van der Waals surface area contributed by atoms with Gasteiger partial charge >= 0.3 is 6.18 Å². The van der Waals surface area contributed by atoms with E-state index in [1.807, 2.05) is 43.1 Å². The zero-order chi connectivity index (χ0) is 25.2. The second-order valence-electron chi connectivity index (χ2n) is 8.60. The van der Waals surface area contributed by atoms with Crippen molar-refractivity contribution < 1.29 is 22.5 Å². The lowest BCUT2D eigenvalue weighted by molar-refractivity contribution is -0.137. The quantitative estimate of drug-likeness (QED) is 0.501. The van der Waals surface area contributed by atoms with Crippen LogP contribution in [0, 0.1) is 0 Å². The molecule has 1 unspecified atom stereocenters. The van der Waals surface area contributed by atoms with Crippen LogP contribution in [0.4, 0.5) is 18.9 Å². The van der Waals surface area contributed by atoms with Gasteiger partial charge in [-0.25, -0.2) is 0 Å². The molecule has 1 aromatic heterocycles. The maximum absolute atomic E-state index is 13.0. The first kappa shape index (κ1) is 24.7. The van der Waals surface area contributed by atoms with Gasteiger partial charge in [0, 0.05) is 56.6 Å². The second-order valence-corrected chi connectivity index (χ2v) is 8.60. The summed E-state index contributed by atoms with van der Waals surface area (Å²) in [4.78, 5) is 23.3. The number of carbonyl (C=O) groups excluding carboxylic acids is 1. The third-order valence-electron chi connectivity index (χ3n) is 6.43. The Balaban J connectivity index is 1.37. The monoisotopic (exact) mass is 487 g/mol. The summed E-state index contributed by atoms with van der Waals surface area (Å²) in [6, 6.07) is 12.2. The van der Waals surface area contributed by atoms with E-state index in [1.54, 1.807) is 0 Å². The summed E-state index contributed by atoms with van der Waals surface area (Å²) >= 11 is 0. The van der Waals surface area contributed by atoms with Gasteiger partial charge in [-0.15, -0.1) is 0 Å². The van der Waals surface area contributed by atoms with Gasteiger partial charge in [-0.1, -0.05) is 17.3 Å². The van der Waals surface area contributed by atoms with Crippen molar-refractivity contribution in [3.05, 3.63) is 65.5 Å². The Morgan fingerprint density at radius 2 is 1.80 bits per heavy atom. The predicted octanol–water partition coefficient (Wildman–Crippen LogP) is 4.73. The van der Waals surface area contributed by atoms with E-state index in [0.717, 1.165) is 24.4 Å². The van der Waals surface area contributed by atoms with E-state index in [-0.39, 0.29) is 23.3 Å². The number of hydrogen-bond acceptors (Lipinski definition) is 6. The highest BCUT2D eigenvalue weighted by Gasteiger charge is 2.31. The first-order valence-corrected chi connectivity index (χ1v) is 11.5. The summed E-state index contributed by atoms with van der Waals surface area (Å²) < 4.78 is 44.4. The van der Waals surface area contributed by atoms with Gasteiger partial charge < -0.3 is 14.3 Å². The highest BCUT2D eigenvalue weighted by atomic mass is 19.4. The fourth-order valence-corrected chi connectivity index (χ4v) is 4.05. The molecule has 7 nitrogen and oxygen atoms in total. The molecule has 35 heavy (non-hydrogen) atoms. The van der Waals surface area contributed by atoms with Gasteiger partial charge in [0.1, 0.15) is 0 Å². The van der Waals surface area contributed by atoms with E-state index in [2.05, 4.69) is 26.9 Å². The van der Waals surface area contributed by atoms with Gasteiger partial charge in [-0.05, 0) is 50.2 Å². The molecule has 3 aromatic rings. The van der Waals surface area contributed by atoms with E-state index in [1.165, 1.54) is 12.1 Å². The number of alkyl halides is 3. The lowest BCUT2D eigenvalue weighted by Crippen LogP contribution is -2.49. The fourth-order valence-electron chi connectivity index (χ4n) is 4.05. The number of amides is 1. The largest absolute Gasteiger partial charge is 0.416 e. The molecule has 0 spiro atoms. The van der Waals surface area contributed by atoms with Gasteiger partial charge in [0.2, 0.25) is 11.7 Å². The predicted molar refractivity (Wildman–Crippen MR) is 126 cm³/mol.